The van der Waals surface area contributed by atoms with Crippen molar-refractivity contribution in [2.45, 2.75) is 26.2 Å². The van der Waals surface area contributed by atoms with E-state index >= 15 is 0 Å². The highest BCUT2D eigenvalue weighted by Crippen LogP contribution is 2.39. The normalized spacial score (nSPS) is 15.7. The Hall–Kier alpha value is -2.24. The summed E-state index contributed by atoms with van der Waals surface area (Å²) in [6.45, 7) is 2.34. The summed E-state index contributed by atoms with van der Waals surface area (Å²) in [4.78, 5) is 22.4. The third-order valence-electron chi connectivity index (χ3n) is 3.72. The minimum Gasteiger partial charge on any atom is -0.480 e. The molecule has 0 bridgehead atoms. The van der Waals surface area contributed by atoms with E-state index in [-0.39, 0.29) is 11.4 Å². The van der Waals surface area contributed by atoms with Crippen molar-refractivity contribution in [3.8, 4) is 5.75 Å². The standard InChI is InChI=1S/C15H20N2O4/c1-15(7-4-8-15)10-16-14(20)17-11-5-2-3-6-12(11)21-9-13(18)19/h2-3,5-6H,4,7-10H2,1H3,(H,18,19)(H2,16,17,20). The number of amides is 2. The van der Waals surface area contributed by atoms with Crippen LogP contribution >= 0.6 is 0 Å². The molecule has 0 saturated heterocycles. The van der Waals surface area contributed by atoms with Crippen LogP contribution in [0.2, 0.25) is 0 Å². The van der Waals surface area contributed by atoms with Gasteiger partial charge in [-0.3, -0.25) is 0 Å². The van der Waals surface area contributed by atoms with E-state index in [9.17, 15) is 9.59 Å². The predicted octanol–water partition coefficient (Wildman–Crippen LogP) is 2.46. The maximum Gasteiger partial charge on any atom is 0.341 e. The molecule has 0 heterocycles. The highest BCUT2D eigenvalue weighted by Gasteiger charge is 2.31. The topological polar surface area (TPSA) is 87.7 Å². The van der Waals surface area contributed by atoms with Gasteiger partial charge in [-0.15, -0.1) is 0 Å². The molecular weight excluding hydrogens is 272 g/mol. The van der Waals surface area contributed by atoms with E-state index in [0.717, 1.165) is 12.8 Å². The van der Waals surface area contributed by atoms with Gasteiger partial charge in [0.05, 0.1) is 5.69 Å². The fraction of sp³-hybridized carbons (Fsp3) is 0.467. The average Bonchev–Trinajstić information content (AvgIpc) is 2.42. The van der Waals surface area contributed by atoms with Crippen LogP contribution in [-0.2, 0) is 4.79 Å². The van der Waals surface area contributed by atoms with Crippen molar-refractivity contribution in [1.82, 2.24) is 5.32 Å². The van der Waals surface area contributed by atoms with E-state index in [1.165, 1.54) is 6.42 Å². The first kappa shape index (κ1) is 15.2. The van der Waals surface area contributed by atoms with Crippen LogP contribution in [0.3, 0.4) is 0 Å². The number of benzene rings is 1. The molecule has 114 valence electrons. The summed E-state index contributed by atoms with van der Waals surface area (Å²) in [6.07, 6.45) is 3.48. The maximum absolute atomic E-state index is 11.9. The van der Waals surface area contributed by atoms with Crippen molar-refractivity contribution < 1.29 is 19.4 Å². The zero-order valence-corrected chi connectivity index (χ0v) is 12.0. The van der Waals surface area contributed by atoms with Crippen LogP contribution in [0.5, 0.6) is 5.75 Å². The summed E-state index contributed by atoms with van der Waals surface area (Å²) in [6, 6.07) is 6.44. The number of urea groups is 1. The van der Waals surface area contributed by atoms with Crippen LogP contribution < -0.4 is 15.4 Å². The van der Waals surface area contributed by atoms with Crippen LogP contribution in [0.4, 0.5) is 10.5 Å². The monoisotopic (exact) mass is 292 g/mol. The molecule has 1 aromatic carbocycles. The zero-order chi connectivity index (χ0) is 15.3. The minimum atomic E-state index is -1.06. The van der Waals surface area contributed by atoms with Gasteiger partial charge >= 0.3 is 12.0 Å². The molecule has 0 unspecified atom stereocenters. The Morgan fingerprint density at radius 3 is 2.67 bits per heavy atom. The van der Waals surface area contributed by atoms with E-state index in [2.05, 4.69) is 17.6 Å². The Kier molecular flexibility index (Phi) is 4.67. The number of ether oxygens (including phenoxy) is 1. The van der Waals surface area contributed by atoms with E-state index in [1.807, 2.05) is 0 Å². The first-order chi connectivity index (χ1) is 9.98. The van der Waals surface area contributed by atoms with Gasteiger partial charge < -0.3 is 20.5 Å². The van der Waals surface area contributed by atoms with Gasteiger partial charge in [0.25, 0.3) is 0 Å². The van der Waals surface area contributed by atoms with Crippen molar-refractivity contribution in [3.05, 3.63) is 24.3 Å². The number of aliphatic carboxylic acids is 1. The Morgan fingerprint density at radius 2 is 2.05 bits per heavy atom. The molecule has 1 fully saturated rings. The lowest BCUT2D eigenvalue weighted by molar-refractivity contribution is -0.139. The zero-order valence-electron chi connectivity index (χ0n) is 12.0. The second-order valence-corrected chi connectivity index (χ2v) is 5.65. The van der Waals surface area contributed by atoms with Gasteiger partial charge in [-0.2, -0.15) is 0 Å². The first-order valence-corrected chi connectivity index (χ1v) is 6.97. The van der Waals surface area contributed by atoms with Crippen LogP contribution in [0.1, 0.15) is 26.2 Å². The quantitative estimate of drug-likeness (QED) is 0.751. The van der Waals surface area contributed by atoms with Crippen molar-refractivity contribution in [2.24, 2.45) is 5.41 Å². The molecule has 1 aromatic rings. The molecule has 1 aliphatic carbocycles. The van der Waals surface area contributed by atoms with Crippen molar-refractivity contribution in [3.63, 3.8) is 0 Å². The Balaban J connectivity index is 1.89. The molecule has 21 heavy (non-hydrogen) atoms. The highest BCUT2D eigenvalue weighted by molar-refractivity contribution is 5.91. The summed E-state index contributed by atoms with van der Waals surface area (Å²) in [5.41, 5.74) is 0.659. The molecule has 6 nitrogen and oxygen atoms in total. The number of nitrogens with one attached hydrogen (secondary N) is 2. The molecule has 0 aliphatic heterocycles. The van der Waals surface area contributed by atoms with Gasteiger partial charge in [-0.1, -0.05) is 25.5 Å². The molecule has 2 rings (SSSR count). The molecule has 1 aliphatic rings. The number of carboxylic acids is 1. The summed E-state index contributed by atoms with van der Waals surface area (Å²) in [5, 5.41) is 14.2. The second-order valence-electron chi connectivity index (χ2n) is 5.65. The van der Waals surface area contributed by atoms with Gasteiger partial charge in [-0.25, -0.2) is 9.59 Å². The van der Waals surface area contributed by atoms with Crippen molar-refractivity contribution in [2.75, 3.05) is 18.5 Å². The summed E-state index contributed by atoms with van der Waals surface area (Å²) in [7, 11) is 0. The molecular formula is C15H20N2O4. The molecule has 0 spiro atoms. The number of hydrogen-bond acceptors (Lipinski definition) is 3. The average molecular weight is 292 g/mol. The third kappa shape index (κ3) is 4.37. The number of carbonyl (C=O) groups is 2. The van der Waals surface area contributed by atoms with E-state index < -0.39 is 12.6 Å². The van der Waals surface area contributed by atoms with Crippen molar-refractivity contribution >= 4 is 17.7 Å². The SMILES string of the molecule is CC1(CNC(=O)Nc2ccccc2OCC(=O)O)CCC1. The van der Waals surface area contributed by atoms with Crippen LogP contribution in [-0.4, -0.2) is 30.3 Å². The van der Waals surface area contributed by atoms with E-state index in [1.54, 1.807) is 24.3 Å². The van der Waals surface area contributed by atoms with Crippen LogP contribution in [0, 0.1) is 5.41 Å². The summed E-state index contributed by atoms with van der Waals surface area (Å²) >= 11 is 0. The molecule has 0 atom stereocenters. The molecule has 3 N–H and O–H groups in total. The largest absolute Gasteiger partial charge is 0.480 e. The van der Waals surface area contributed by atoms with E-state index in [4.69, 9.17) is 9.84 Å². The smallest absolute Gasteiger partial charge is 0.341 e. The van der Waals surface area contributed by atoms with Gasteiger partial charge in [0, 0.05) is 6.54 Å². The van der Waals surface area contributed by atoms with E-state index in [0.29, 0.717) is 18.0 Å². The van der Waals surface area contributed by atoms with Crippen molar-refractivity contribution in [1.29, 1.82) is 0 Å². The van der Waals surface area contributed by atoms with Gasteiger partial charge in [-0.05, 0) is 30.4 Å². The summed E-state index contributed by atoms with van der Waals surface area (Å²) in [5.74, 6) is -0.725. The third-order valence-corrected chi connectivity index (χ3v) is 3.72. The van der Waals surface area contributed by atoms with Crippen LogP contribution in [0.25, 0.3) is 0 Å². The molecule has 0 aromatic heterocycles. The molecule has 0 radical (unpaired) electrons. The van der Waals surface area contributed by atoms with Gasteiger partial charge in [0.15, 0.2) is 6.61 Å². The molecule has 6 heteroatoms. The lowest BCUT2D eigenvalue weighted by Gasteiger charge is -2.38. The second kappa shape index (κ2) is 6.47. The predicted molar refractivity (Wildman–Crippen MR) is 78.6 cm³/mol. The minimum absolute atomic E-state index is 0.205. The Bertz CT molecular complexity index is 526. The number of para-hydroxylation sites is 2. The first-order valence-electron chi connectivity index (χ1n) is 6.97. The lowest BCUT2D eigenvalue weighted by atomic mass is 9.70. The Morgan fingerprint density at radius 1 is 1.33 bits per heavy atom. The number of carboxylic acid groups (broad SMARTS) is 1. The number of anilines is 1. The number of hydrogen-bond donors (Lipinski definition) is 3. The van der Waals surface area contributed by atoms with Gasteiger partial charge in [0.1, 0.15) is 5.75 Å². The molecule has 1 saturated carbocycles. The fourth-order valence-electron chi connectivity index (χ4n) is 2.25. The Labute approximate surface area is 123 Å². The summed E-state index contributed by atoms with van der Waals surface area (Å²) < 4.78 is 5.14. The maximum atomic E-state index is 11.9. The van der Waals surface area contributed by atoms with Gasteiger partial charge in [0.2, 0.25) is 0 Å². The lowest BCUT2D eigenvalue weighted by Crippen LogP contribution is -2.41. The number of carbonyl (C=O) groups excluding carboxylic acids is 1. The van der Waals surface area contributed by atoms with Crippen LogP contribution in [0.15, 0.2) is 24.3 Å². The molecule has 2 amide bonds. The number of rotatable bonds is 6. The highest BCUT2D eigenvalue weighted by atomic mass is 16.5. The fourth-order valence-corrected chi connectivity index (χ4v) is 2.25.